The Kier molecular flexibility index (Phi) is 6.63. The molecule has 0 atom stereocenters. The molecular weight excluding hydrogens is 613 g/mol. The number of fused-ring (bicyclic) bond motifs is 6. The van der Waals surface area contributed by atoms with E-state index in [2.05, 4.69) is 196 Å². The molecule has 0 saturated carbocycles. The van der Waals surface area contributed by atoms with Crippen molar-refractivity contribution in [3.63, 3.8) is 0 Å². The van der Waals surface area contributed by atoms with Crippen LogP contribution in [0, 0.1) is 0 Å². The first-order chi connectivity index (χ1) is 25.1. The van der Waals surface area contributed by atoms with Crippen LogP contribution in [-0.4, -0.2) is 0 Å². The minimum atomic E-state index is -0.196. The first kappa shape index (κ1) is 29.7. The summed E-state index contributed by atoms with van der Waals surface area (Å²) in [5.41, 5.74) is 12.9. The largest absolute Gasteiger partial charge is 0.0622 e. The molecule has 0 N–H and O–H groups in total. The van der Waals surface area contributed by atoms with Crippen molar-refractivity contribution in [2.75, 3.05) is 0 Å². The van der Waals surface area contributed by atoms with Crippen LogP contribution >= 0.6 is 0 Å². The van der Waals surface area contributed by atoms with Crippen molar-refractivity contribution in [2.24, 2.45) is 0 Å². The Morgan fingerprint density at radius 3 is 1.43 bits per heavy atom. The fourth-order valence-electron chi connectivity index (χ4n) is 8.95. The lowest BCUT2D eigenvalue weighted by Gasteiger charge is -2.26. The van der Waals surface area contributed by atoms with Crippen molar-refractivity contribution in [3.8, 4) is 22.3 Å². The first-order valence-electron chi connectivity index (χ1n) is 17.9. The highest BCUT2D eigenvalue weighted by Gasteiger charge is 2.39. The van der Waals surface area contributed by atoms with Crippen LogP contribution in [0.15, 0.2) is 182 Å². The molecule has 0 fully saturated rings. The first-order valence-corrected chi connectivity index (χ1v) is 17.9. The molecule has 0 amide bonds. The number of rotatable bonds is 4. The van der Waals surface area contributed by atoms with Crippen molar-refractivity contribution in [2.45, 2.75) is 19.3 Å². The van der Waals surface area contributed by atoms with Gasteiger partial charge in [0.1, 0.15) is 0 Å². The van der Waals surface area contributed by atoms with E-state index in [0.717, 1.165) is 0 Å². The van der Waals surface area contributed by atoms with Gasteiger partial charge in [0, 0.05) is 5.41 Å². The number of allylic oxidation sites excluding steroid dienone is 1. The summed E-state index contributed by atoms with van der Waals surface area (Å²) in [4.78, 5) is 0. The van der Waals surface area contributed by atoms with E-state index in [0.29, 0.717) is 0 Å². The lowest BCUT2D eigenvalue weighted by atomic mass is 9.77. The Morgan fingerprint density at radius 1 is 0.333 bits per heavy atom. The summed E-state index contributed by atoms with van der Waals surface area (Å²) in [6, 6.07) is 67.4. The Balaban J connectivity index is 1.21. The van der Waals surface area contributed by atoms with Gasteiger partial charge in [-0.2, -0.15) is 0 Å². The smallest absolute Gasteiger partial charge is 0.0165 e. The normalized spacial score (nSPS) is 13.8. The second-order valence-corrected chi connectivity index (χ2v) is 14.4. The summed E-state index contributed by atoms with van der Waals surface area (Å²) in [5.74, 6) is 0. The topological polar surface area (TPSA) is 0 Å². The van der Waals surface area contributed by atoms with Gasteiger partial charge in [0.2, 0.25) is 0 Å². The van der Waals surface area contributed by atoms with E-state index in [1.165, 1.54) is 98.7 Å². The molecule has 1 aliphatic carbocycles. The molecule has 0 nitrogen and oxygen atoms in total. The third kappa shape index (κ3) is 4.53. The molecule has 0 bridgehead atoms. The van der Waals surface area contributed by atoms with Crippen molar-refractivity contribution < 1.29 is 0 Å². The van der Waals surface area contributed by atoms with Crippen LogP contribution in [0.5, 0.6) is 0 Å². The minimum absolute atomic E-state index is 0.196. The maximum absolute atomic E-state index is 2.49. The van der Waals surface area contributed by atoms with Gasteiger partial charge in [0.15, 0.2) is 0 Å². The van der Waals surface area contributed by atoms with E-state index in [9.17, 15) is 0 Å². The molecule has 0 spiro atoms. The minimum Gasteiger partial charge on any atom is -0.0622 e. The van der Waals surface area contributed by atoms with E-state index in [4.69, 9.17) is 0 Å². The second kappa shape index (κ2) is 11.4. The maximum Gasteiger partial charge on any atom is 0.0165 e. The Labute approximate surface area is 299 Å². The fourth-order valence-corrected chi connectivity index (χ4v) is 8.95. The predicted octanol–water partition coefficient (Wildman–Crippen LogP) is 13.9. The molecule has 10 rings (SSSR count). The molecular formula is C51H36. The van der Waals surface area contributed by atoms with E-state index in [-0.39, 0.29) is 5.41 Å². The SMILES string of the molecule is CC1(C)C(c2ccccc2)=C(c2ccccc2)c2ccc(-c3c4ccccc4c(-c4ccc5c(ccc6ccccc65)c4)c4ccccc34)cc21. The van der Waals surface area contributed by atoms with E-state index >= 15 is 0 Å². The quantitative estimate of drug-likeness (QED) is 0.132. The molecule has 0 radical (unpaired) electrons. The third-order valence-corrected chi connectivity index (χ3v) is 11.2. The van der Waals surface area contributed by atoms with E-state index < -0.39 is 0 Å². The van der Waals surface area contributed by atoms with Crippen LogP contribution in [0.2, 0.25) is 0 Å². The molecule has 0 heterocycles. The average molecular weight is 649 g/mol. The van der Waals surface area contributed by atoms with Crippen LogP contribution < -0.4 is 0 Å². The zero-order valence-corrected chi connectivity index (χ0v) is 28.8. The summed E-state index contributed by atoms with van der Waals surface area (Å²) in [6.07, 6.45) is 0. The molecule has 1 aliphatic rings. The standard InChI is InChI=1S/C51H36/c1-51(2)46-32-38(28-30-45(46)49(34-16-5-3-6-17-34)50(51)35-18-7-4-8-19-35)48-43-23-13-11-21-41(43)47(42-22-12-14-24-44(42)48)37-27-29-40-36(31-37)26-25-33-15-9-10-20-39(33)40/h3-32H,1-2H3. The highest BCUT2D eigenvalue weighted by molar-refractivity contribution is 6.22. The molecule has 240 valence electrons. The average Bonchev–Trinajstić information content (AvgIpc) is 3.43. The highest BCUT2D eigenvalue weighted by Crippen LogP contribution is 2.54. The van der Waals surface area contributed by atoms with Gasteiger partial charge >= 0.3 is 0 Å². The van der Waals surface area contributed by atoms with Crippen LogP contribution in [0.25, 0.3) is 76.5 Å². The zero-order chi connectivity index (χ0) is 34.1. The summed E-state index contributed by atoms with van der Waals surface area (Å²) >= 11 is 0. The van der Waals surface area contributed by atoms with Gasteiger partial charge in [-0.25, -0.2) is 0 Å². The van der Waals surface area contributed by atoms with Crippen molar-refractivity contribution in [1.29, 1.82) is 0 Å². The van der Waals surface area contributed by atoms with Gasteiger partial charge in [0.25, 0.3) is 0 Å². The Morgan fingerprint density at radius 2 is 0.804 bits per heavy atom. The molecule has 0 unspecified atom stereocenters. The van der Waals surface area contributed by atoms with Gasteiger partial charge in [-0.3, -0.25) is 0 Å². The number of hydrogen-bond donors (Lipinski definition) is 0. The zero-order valence-electron chi connectivity index (χ0n) is 28.8. The van der Waals surface area contributed by atoms with E-state index in [1.54, 1.807) is 0 Å². The summed E-state index contributed by atoms with van der Waals surface area (Å²) in [7, 11) is 0. The van der Waals surface area contributed by atoms with Gasteiger partial charge in [-0.1, -0.05) is 184 Å². The summed E-state index contributed by atoms with van der Waals surface area (Å²) < 4.78 is 0. The number of benzene rings is 9. The van der Waals surface area contributed by atoms with Crippen LogP contribution in [-0.2, 0) is 5.41 Å². The second-order valence-electron chi connectivity index (χ2n) is 14.4. The Hall–Kier alpha value is -6.24. The van der Waals surface area contributed by atoms with Gasteiger partial charge in [0.05, 0.1) is 0 Å². The highest BCUT2D eigenvalue weighted by atomic mass is 14.4. The number of hydrogen-bond acceptors (Lipinski definition) is 0. The lowest BCUT2D eigenvalue weighted by molar-refractivity contribution is 0.704. The maximum atomic E-state index is 2.49. The predicted molar refractivity (Wildman–Crippen MR) is 219 cm³/mol. The van der Waals surface area contributed by atoms with Crippen LogP contribution in [0.4, 0.5) is 0 Å². The van der Waals surface area contributed by atoms with Gasteiger partial charge in [-0.05, 0) is 111 Å². The van der Waals surface area contributed by atoms with Gasteiger partial charge < -0.3 is 0 Å². The Bertz CT molecular complexity index is 2800. The monoisotopic (exact) mass is 648 g/mol. The summed E-state index contributed by atoms with van der Waals surface area (Å²) in [6.45, 7) is 4.80. The van der Waals surface area contributed by atoms with Crippen LogP contribution in [0.3, 0.4) is 0 Å². The van der Waals surface area contributed by atoms with Crippen molar-refractivity contribution in [1.82, 2.24) is 0 Å². The molecule has 0 heteroatoms. The van der Waals surface area contributed by atoms with Crippen molar-refractivity contribution >= 4 is 54.2 Å². The van der Waals surface area contributed by atoms with Crippen LogP contribution in [0.1, 0.15) is 36.1 Å². The molecule has 0 aromatic heterocycles. The third-order valence-electron chi connectivity index (χ3n) is 11.2. The summed E-state index contributed by atoms with van der Waals surface area (Å²) in [5, 5.41) is 10.2. The van der Waals surface area contributed by atoms with Gasteiger partial charge in [-0.15, -0.1) is 0 Å². The fraction of sp³-hybridized carbons (Fsp3) is 0.0588. The van der Waals surface area contributed by atoms with Crippen molar-refractivity contribution in [3.05, 3.63) is 204 Å². The van der Waals surface area contributed by atoms with E-state index in [1.807, 2.05) is 0 Å². The molecule has 51 heavy (non-hydrogen) atoms. The molecule has 0 saturated heterocycles. The molecule has 0 aliphatic heterocycles. The molecule has 9 aromatic rings. The molecule has 9 aromatic carbocycles. The lowest BCUT2D eigenvalue weighted by Crippen LogP contribution is -2.16.